The number of rotatable bonds is 8. The van der Waals surface area contributed by atoms with Gasteiger partial charge in [0.2, 0.25) is 11.8 Å². The molecule has 8 heteroatoms. The van der Waals surface area contributed by atoms with Crippen molar-refractivity contribution in [1.29, 1.82) is 0 Å². The van der Waals surface area contributed by atoms with Crippen LogP contribution in [0.15, 0.2) is 0 Å². The minimum Gasteiger partial charge on any atom is -0.370 e. The lowest BCUT2D eigenvalue weighted by Gasteiger charge is -2.24. The van der Waals surface area contributed by atoms with Crippen LogP contribution in [0.2, 0.25) is 0 Å². The Labute approximate surface area is 123 Å². The monoisotopic (exact) mass is 294 g/mol. The Balaban J connectivity index is 3.29. The lowest BCUT2D eigenvalue weighted by atomic mass is 10.2. The van der Waals surface area contributed by atoms with Gasteiger partial charge in [-0.3, -0.25) is 9.59 Å². The van der Waals surface area contributed by atoms with Crippen LogP contribution in [0.5, 0.6) is 0 Å². The molecular weight excluding hydrogens is 272 g/mol. The quantitative estimate of drug-likeness (QED) is 0.596. The third kappa shape index (κ3) is 4.59. The second-order valence-electron chi connectivity index (χ2n) is 4.61. The SMILES string of the molecule is CCNc1nc(CC)nc(N(CC(N)=O)CC(N)=O)c1C. The maximum atomic E-state index is 11.2. The van der Waals surface area contributed by atoms with E-state index in [1.54, 1.807) is 0 Å². The summed E-state index contributed by atoms with van der Waals surface area (Å²) in [5.41, 5.74) is 11.2. The Morgan fingerprint density at radius 1 is 1.14 bits per heavy atom. The average molecular weight is 294 g/mol. The van der Waals surface area contributed by atoms with Gasteiger partial charge in [-0.2, -0.15) is 0 Å². The number of carbonyl (C=O) groups excluding carboxylic acids is 2. The van der Waals surface area contributed by atoms with Gasteiger partial charge in [-0.05, 0) is 13.8 Å². The predicted molar refractivity (Wildman–Crippen MR) is 80.9 cm³/mol. The van der Waals surface area contributed by atoms with Crippen molar-refractivity contribution in [3.8, 4) is 0 Å². The number of aryl methyl sites for hydroxylation is 1. The van der Waals surface area contributed by atoms with Gasteiger partial charge in [0.15, 0.2) is 0 Å². The first-order valence-electron chi connectivity index (χ1n) is 6.81. The van der Waals surface area contributed by atoms with Crippen molar-refractivity contribution in [2.75, 3.05) is 29.9 Å². The molecule has 0 radical (unpaired) electrons. The molecule has 0 aromatic carbocycles. The highest BCUT2D eigenvalue weighted by atomic mass is 16.2. The van der Waals surface area contributed by atoms with E-state index < -0.39 is 11.8 Å². The lowest BCUT2D eigenvalue weighted by molar-refractivity contribution is -0.117. The molecule has 116 valence electrons. The van der Waals surface area contributed by atoms with Gasteiger partial charge >= 0.3 is 0 Å². The van der Waals surface area contributed by atoms with E-state index in [-0.39, 0.29) is 13.1 Å². The van der Waals surface area contributed by atoms with Gasteiger partial charge in [0.1, 0.15) is 17.5 Å². The molecule has 1 rings (SSSR count). The van der Waals surface area contributed by atoms with E-state index in [4.69, 9.17) is 11.5 Å². The van der Waals surface area contributed by atoms with E-state index in [9.17, 15) is 9.59 Å². The summed E-state index contributed by atoms with van der Waals surface area (Å²) in [6.45, 7) is 6.15. The molecule has 0 saturated carbocycles. The standard InChI is InChI=1S/C13H22N6O2/c1-4-11-17-12(16-5-2)8(3)13(18-11)19(6-9(14)20)7-10(15)21/h4-7H2,1-3H3,(H2,14,20)(H2,15,21)(H,16,17,18). The summed E-state index contributed by atoms with van der Waals surface area (Å²) in [6.07, 6.45) is 0.632. The van der Waals surface area contributed by atoms with E-state index >= 15 is 0 Å². The van der Waals surface area contributed by atoms with Crippen molar-refractivity contribution in [3.63, 3.8) is 0 Å². The van der Waals surface area contributed by atoms with Crippen LogP contribution >= 0.6 is 0 Å². The lowest BCUT2D eigenvalue weighted by Crippen LogP contribution is -2.40. The fourth-order valence-electron chi connectivity index (χ4n) is 1.94. The first-order chi connectivity index (χ1) is 9.88. The second kappa shape index (κ2) is 7.41. The normalized spacial score (nSPS) is 10.2. The summed E-state index contributed by atoms with van der Waals surface area (Å²) >= 11 is 0. The molecule has 5 N–H and O–H groups in total. The Morgan fingerprint density at radius 3 is 2.14 bits per heavy atom. The molecule has 0 spiro atoms. The Morgan fingerprint density at radius 2 is 1.71 bits per heavy atom. The zero-order chi connectivity index (χ0) is 16.0. The second-order valence-corrected chi connectivity index (χ2v) is 4.61. The number of anilines is 2. The molecule has 8 nitrogen and oxygen atoms in total. The number of nitrogens with two attached hydrogens (primary N) is 2. The fraction of sp³-hybridized carbons (Fsp3) is 0.538. The van der Waals surface area contributed by atoms with Gasteiger partial charge in [-0.15, -0.1) is 0 Å². The zero-order valence-electron chi connectivity index (χ0n) is 12.6. The molecule has 0 bridgehead atoms. The number of nitrogens with zero attached hydrogens (tertiary/aromatic N) is 3. The highest BCUT2D eigenvalue weighted by molar-refractivity contribution is 5.85. The molecular formula is C13H22N6O2. The van der Waals surface area contributed by atoms with Gasteiger partial charge in [-0.1, -0.05) is 6.92 Å². The predicted octanol–water partition coefficient (Wildman–Crippen LogP) is -0.444. The van der Waals surface area contributed by atoms with Crippen molar-refractivity contribution in [2.24, 2.45) is 11.5 Å². The Hall–Kier alpha value is -2.38. The average Bonchev–Trinajstić information content (AvgIpc) is 2.39. The van der Waals surface area contributed by atoms with Crippen LogP contribution in [0, 0.1) is 6.92 Å². The van der Waals surface area contributed by atoms with Crippen LogP contribution in [0.3, 0.4) is 0 Å². The Bertz CT molecular complexity index is 516. The summed E-state index contributed by atoms with van der Waals surface area (Å²) in [7, 11) is 0. The number of aromatic nitrogens is 2. The van der Waals surface area contributed by atoms with E-state index in [2.05, 4.69) is 15.3 Å². The van der Waals surface area contributed by atoms with Crippen LogP contribution in [0.25, 0.3) is 0 Å². The third-order valence-corrected chi connectivity index (χ3v) is 2.82. The van der Waals surface area contributed by atoms with Gasteiger partial charge < -0.3 is 21.7 Å². The summed E-state index contributed by atoms with van der Waals surface area (Å²) in [5.74, 6) is 0.675. The molecule has 0 aliphatic carbocycles. The van der Waals surface area contributed by atoms with Crippen molar-refractivity contribution in [1.82, 2.24) is 9.97 Å². The number of hydrogen-bond donors (Lipinski definition) is 3. The number of hydrogen-bond acceptors (Lipinski definition) is 6. The maximum Gasteiger partial charge on any atom is 0.237 e. The number of amides is 2. The molecule has 1 aromatic heterocycles. The Kier molecular flexibility index (Phi) is 5.89. The van der Waals surface area contributed by atoms with Crippen LogP contribution in [-0.2, 0) is 16.0 Å². The first-order valence-corrected chi connectivity index (χ1v) is 6.81. The van der Waals surface area contributed by atoms with Crippen LogP contribution in [0.1, 0.15) is 25.2 Å². The van der Waals surface area contributed by atoms with E-state index in [0.717, 1.165) is 5.56 Å². The van der Waals surface area contributed by atoms with Crippen molar-refractivity contribution < 1.29 is 9.59 Å². The van der Waals surface area contributed by atoms with Gasteiger partial charge in [0, 0.05) is 18.5 Å². The molecule has 0 atom stereocenters. The van der Waals surface area contributed by atoms with E-state index in [1.807, 2.05) is 20.8 Å². The summed E-state index contributed by atoms with van der Waals surface area (Å²) in [6, 6.07) is 0. The van der Waals surface area contributed by atoms with Crippen molar-refractivity contribution >= 4 is 23.5 Å². The molecule has 0 aliphatic heterocycles. The van der Waals surface area contributed by atoms with Crippen LogP contribution < -0.4 is 21.7 Å². The summed E-state index contributed by atoms with van der Waals surface area (Å²) in [5, 5.41) is 3.14. The molecule has 2 amide bonds. The van der Waals surface area contributed by atoms with Crippen LogP contribution in [-0.4, -0.2) is 41.4 Å². The highest BCUT2D eigenvalue weighted by Gasteiger charge is 2.19. The summed E-state index contributed by atoms with van der Waals surface area (Å²) < 4.78 is 0. The van der Waals surface area contributed by atoms with Crippen LogP contribution in [0.4, 0.5) is 11.6 Å². The molecule has 0 fully saturated rings. The minimum atomic E-state index is -0.558. The van der Waals surface area contributed by atoms with Gasteiger partial charge in [-0.25, -0.2) is 9.97 Å². The molecule has 1 heterocycles. The number of nitrogens with one attached hydrogen (secondary N) is 1. The van der Waals surface area contributed by atoms with Gasteiger partial charge in [0.05, 0.1) is 13.1 Å². The minimum absolute atomic E-state index is 0.129. The third-order valence-electron chi connectivity index (χ3n) is 2.82. The topological polar surface area (TPSA) is 127 Å². The molecule has 21 heavy (non-hydrogen) atoms. The van der Waals surface area contributed by atoms with Crippen molar-refractivity contribution in [2.45, 2.75) is 27.2 Å². The van der Waals surface area contributed by atoms with E-state index in [1.165, 1.54) is 4.90 Å². The summed E-state index contributed by atoms with van der Waals surface area (Å²) in [4.78, 5) is 32.7. The molecule has 0 saturated heterocycles. The fourth-order valence-corrected chi connectivity index (χ4v) is 1.94. The highest BCUT2D eigenvalue weighted by Crippen LogP contribution is 2.23. The number of carbonyl (C=O) groups is 2. The molecule has 0 unspecified atom stereocenters. The molecule has 0 aliphatic rings. The van der Waals surface area contributed by atoms with Gasteiger partial charge in [0.25, 0.3) is 0 Å². The van der Waals surface area contributed by atoms with Crippen molar-refractivity contribution in [3.05, 3.63) is 11.4 Å². The number of primary amides is 2. The largest absolute Gasteiger partial charge is 0.370 e. The zero-order valence-corrected chi connectivity index (χ0v) is 12.6. The first kappa shape index (κ1) is 16.7. The molecule has 1 aromatic rings. The van der Waals surface area contributed by atoms with E-state index in [0.29, 0.717) is 30.4 Å². The smallest absolute Gasteiger partial charge is 0.237 e. The maximum absolute atomic E-state index is 11.2.